The van der Waals surface area contributed by atoms with E-state index in [1.54, 1.807) is 6.20 Å². The number of rotatable bonds is 4. The topological polar surface area (TPSA) is 65.4 Å². The van der Waals surface area contributed by atoms with Crippen molar-refractivity contribution in [1.82, 2.24) is 15.0 Å². The number of aromatic amines is 1. The summed E-state index contributed by atoms with van der Waals surface area (Å²) in [5.74, 6) is 0. The first-order chi connectivity index (χ1) is 20.8. The van der Waals surface area contributed by atoms with Crippen LogP contribution in [-0.2, 0) is 6.42 Å². The Bertz CT molecular complexity index is 2150. The van der Waals surface area contributed by atoms with Crippen molar-refractivity contribution in [2.45, 2.75) is 6.42 Å². The van der Waals surface area contributed by atoms with Crippen molar-refractivity contribution in [1.29, 1.82) is 5.26 Å². The highest BCUT2D eigenvalue weighted by molar-refractivity contribution is 6.05. The Balaban J connectivity index is 1.26. The monoisotopic (exact) mass is 536 g/mol. The van der Waals surface area contributed by atoms with Crippen LogP contribution in [0.25, 0.3) is 66.9 Å². The molecule has 0 aliphatic heterocycles. The first-order valence-electron chi connectivity index (χ1n) is 14.0. The van der Waals surface area contributed by atoms with Gasteiger partial charge in [-0.3, -0.25) is 4.98 Å². The molecule has 0 fully saturated rings. The zero-order chi connectivity index (χ0) is 28.0. The third-order valence-electron chi connectivity index (χ3n) is 8.22. The molecule has 196 valence electrons. The molecule has 3 aromatic heterocycles. The van der Waals surface area contributed by atoms with Crippen LogP contribution in [0, 0.1) is 11.3 Å². The van der Waals surface area contributed by atoms with E-state index in [-0.39, 0.29) is 0 Å². The largest absolute Gasteiger partial charge is 0.360 e. The van der Waals surface area contributed by atoms with E-state index in [0.717, 1.165) is 57.0 Å². The molecule has 0 saturated carbocycles. The summed E-state index contributed by atoms with van der Waals surface area (Å²) in [6, 6.07) is 42.3. The van der Waals surface area contributed by atoms with Crippen molar-refractivity contribution in [3.63, 3.8) is 0 Å². The van der Waals surface area contributed by atoms with Crippen LogP contribution in [0.3, 0.4) is 0 Å². The predicted octanol–water partition coefficient (Wildman–Crippen LogP) is 9.07. The maximum absolute atomic E-state index is 9.88. The maximum atomic E-state index is 9.88. The molecule has 0 spiro atoms. The van der Waals surface area contributed by atoms with Crippen LogP contribution in [0.2, 0.25) is 0 Å². The summed E-state index contributed by atoms with van der Waals surface area (Å²) in [7, 11) is 0. The molecule has 4 aromatic carbocycles. The molecule has 4 heteroatoms. The fourth-order valence-corrected chi connectivity index (χ4v) is 6.25. The number of aromatic nitrogens is 3. The highest BCUT2D eigenvalue weighted by Gasteiger charge is 2.25. The van der Waals surface area contributed by atoms with E-state index in [1.165, 1.54) is 33.0 Å². The van der Waals surface area contributed by atoms with Crippen LogP contribution in [0.5, 0.6) is 0 Å². The molecule has 3 heterocycles. The van der Waals surface area contributed by atoms with Crippen LogP contribution in [0.1, 0.15) is 16.7 Å². The lowest BCUT2D eigenvalue weighted by Crippen LogP contribution is -1.93. The molecule has 0 radical (unpaired) electrons. The number of nitrogens with one attached hydrogen (secondary N) is 1. The lowest BCUT2D eigenvalue weighted by molar-refractivity contribution is 1.23. The lowest BCUT2D eigenvalue weighted by Gasteiger charge is -2.14. The van der Waals surface area contributed by atoms with Gasteiger partial charge in [-0.05, 0) is 105 Å². The second kappa shape index (κ2) is 9.69. The summed E-state index contributed by atoms with van der Waals surface area (Å²) in [5.41, 5.74) is 13.5. The van der Waals surface area contributed by atoms with Gasteiger partial charge in [0.25, 0.3) is 0 Å². The van der Waals surface area contributed by atoms with Gasteiger partial charge in [-0.15, -0.1) is 0 Å². The summed E-state index contributed by atoms with van der Waals surface area (Å²) < 4.78 is 0. The summed E-state index contributed by atoms with van der Waals surface area (Å²) in [4.78, 5) is 12.8. The minimum Gasteiger partial charge on any atom is -0.360 e. The van der Waals surface area contributed by atoms with E-state index in [9.17, 15) is 5.26 Å². The van der Waals surface area contributed by atoms with Gasteiger partial charge in [-0.25, -0.2) is 4.98 Å². The summed E-state index contributed by atoms with van der Waals surface area (Å²) in [6.45, 7) is 0. The van der Waals surface area contributed by atoms with Crippen molar-refractivity contribution in [2.75, 3.05) is 0 Å². The number of H-pyrrole nitrogens is 1. The molecule has 4 nitrogen and oxygen atoms in total. The van der Waals surface area contributed by atoms with E-state index in [0.29, 0.717) is 0 Å². The molecular weight excluding hydrogens is 512 g/mol. The first-order valence-corrected chi connectivity index (χ1v) is 14.0. The highest BCUT2D eigenvalue weighted by Crippen LogP contribution is 2.45. The maximum Gasteiger partial charge on any atom is 0.0998 e. The smallest absolute Gasteiger partial charge is 0.0998 e. The molecule has 1 aliphatic carbocycles. The van der Waals surface area contributed by atoms with Gasteiger partial charge in [-0.1, -0.05) is 66.7 Å². The minimum absolute atomic E-state index is 0.738. The van der Waals surface area contributed by atoms with E-state index < -0.39 is 0 Å². The molecule has 0 atom stereocenters. The van der Waals surface area contributed by atoms with Crippen LogP contribution >= 0.6 is 0 Å². The van der Waals surface area contributed by atoms with Crippen LogP contribution in [0.4, 0.5) is 0 Å². The molecule has 0 amide bonds. The Morgan fingerprint density at radius 2 is 1.45 bits per heavy atom. The fraction of sp³-hybridized carbons (Fsp3) is 0.0263. The Labute approximate surface area is 243 Å². The van der Waals surface area contributed by atoms with Crippen molar-refractivity contribution in [2.24, 2.45) is 0 Å². The van der Waals surface area contributed by atoms with Gasteiger partial charge < -0.3 is 4.98 Å². The average Bonchev–Trinajstić information content (AvgIpc) is 3.74. The summed E-state index contributed by atoms with van der Waals surface area (Å²) >= 11 is 0. The molecule has 7 aromatic rings. The molecule has 0 saturated heterocycles. The number of nitriles is 1. The molecule has 0 unspecified atom stereocenters. The number of pyridine rings is 2. The third-order valence-corrected chi connectivity index (χ3v) is 8.22. The lowest BCUT2D eigenvalue weighted by atomic mass is 9.90. The zero-order valence-electron chi connectivity index (χ0n) is 22.7. The van der Waals surface area contributed by atoms with Gasteiger partial charge in [0.05, 0.1) is 34.4 Å². The summed E-state index contributed by atoms with van der Waals surface area (Å²) in [6.07, 6.45) is 4.56. The SMILES string of the molecule is N#Cc1cccc2c1-c1cc(-c3ccc(-c4cc(-c5ccccn5)nc(-c5ccc[nH]5)c4)cc3)c3ccccc3c1C2. The predicted molar refractivity (Wildman–Crippen MR) is 169 cm³/mol. The molecule has 1 aliphatic rings. The quantitative estimate of drug-likeness (QED) is 0.244. The molecule has 42 heavy (non-hydrogen) atoms. The summed E-state index contributed by atoms with van der Waals surface area (Å²) in [5, 5.41) is 12.4. The van der Waals surface area contributed by atoms with Crippen LogP contribution < -0.4 is 0 Å². The first kappa shape index (κ1) is 24.0. The Morgan fingerprint density at radius 1 is 0.643 bits per heavy atom. The van der Waals surface area contributed by atoms with Gasteiger partial charge in [0.2, 0.25) is 0 Å². The molecule has 0 bridgehead atoms. The van der Waals surface area contributed by atoms with E-state index in [1.807, 2.05) is 48.7 Å². The van der Waals surface area contributed by atoms with Crippen molar-refractivity contribution < 1.29 is 0 Å². The number of hydrogen-bond donors (Lipinski definition) is 1. The zero-order valence-corrected chi connectivity index (χ0v) is 22.7. The fourth-order valence-electron chi connectivity index (χ4n) is 6.25. The van der Waals surface area contributed by atoms with E-state index in [4.69, 9.17) is 4.98 Å². The Hall–Kier alpha value is -5.79. The number of nitrogens with zero attached hydrogens (tertiary/aromatic N) is 3. The second-order valence-corrected chi connectivity index (χ2v) is 10.6. The average molecular weight is 537 g/mol. The third kappa shape index (κ3) is 3.91. The number of fused-ring (bicyclic) bond motifs is 5. The molecule has 1 N–H and O–H groups in total. The Morgan fingerprint density at radius 3 is 2.24 bits per heavy atom. The normalized spacial score (nSPS) is 11.7. The highest BCUT2D eigenvalue weighted by atomic mass is 14.8. The standard InChI is InChI=1S/C38H24N4/c39-23-27-8-5-7-26-19-32-30-10-2-1-9-29(30)31(22-33(32)38(26)27)25-15-13-24(14-16-25)28-20-36(34-11-3-4-17-40-34)42-37(21-28)35-12-6-18-41-35/h1-18,20-22,41H,19H2. The molecular formula is C38H24N4. The van der Waals surface area contributed by atoms with Gasteiger partial charge in [0, 0.05) is 18.0 Å². The van der Waals surface area contributed by atoms with Gasteiger partial charge in [0.1, 0.15) is 0 Å². The number of benzene rings is 4. The number of hydrogen-bond acceptors (Lipinski definition) is 3. The van der Waals surface area contributed by atoms with Crippen molar-refractivity contribution in [3.8, 4) is 62.2 Å². The Kier molecular flexibility index (Phi) is 5.55. The van der Waals surface area contributed by atoms with Gasteiger partial charge in [0.15, 0.2) is 0 Å². The minimum atomic E-state index is 0.738. The van der Waals surface area contributed by atoms with Crippen LogP contribution in [-0.4, -0.2) is 15.0 Å². The van der Waals surface area contributed by atoms with Crippen LogP contribution in [0.15, 0.2) is 128 Å². The van der Waals surface area contributed by atoms with E-state index >= 15 is 0 Å². The second-order valence-electron chi connectivity index (χ2n) is 10.6. The van der Waals surface area contributed by atoms with Crippen molar-refractivity contribution >= 4 is 10.8 Å². The van der Waals surface area contributed by atoms with Gasteiger partial charge >= 0.3 is 0 Å². The van der Waals surface area contributed by atoms with E-state index in [2.05, 4.69) is 88.8 Å². The molecule has 8 rings (SSSR count). The van der Waals surface area contributed by atoms with Gasteiger partial charge in [-0.2, -0.15) is 5.26 Å². The van der Waals surface area contributed by atoms with Crippen molar-refractivity contribution in [3.05, 3.63) is 144 Å².